The maximum atomic E-state index is 11.3. The predicted octanol–water partition coefficient (Wildman–Crippen LogP) is 2.92. The molecule has 7 heteroatoms. The Bertz CT molecular complexity index is 818. The van der Waals surface area contributed by atoms with Crippen LogP contribution in [0.2, 0.25) is 0 Å². The third-order valence-corrected chi connectivity index (χ3v) is 6.01. The highest BCUT2D eigenvalue weighted by molar-refractivity contribution is 9.10. The van der Waals surface area contributed by atoms with Crippen LogP contribution in [0.25, 0.3) is 10.9 Å². The van der Waals surface area contributed by atoms with Crippen LogP contribution in [0.3, 0.4) is 0 Å². The topological polar surface area (TPSA) is 62.3 Å². The Morgan fingerprint density at radius 2 is 2.04 bits per heavy atom. The minimum absolute atomic E-state index is 0.244. The lowest BCUT2D eigenvalue weighted by molar-refractivity contribution is 0.230. The highest BCUT2D eigenvalue weighted by Gasteiger charge is 2.20. The van der Waals surface area contributed by atoms with Gasteiger partial charge in [0.05, 0.1) is 11.3 Å². The summed E-state index contributed by atoms with van der Waals surface area (Å²) >= 11 is 3.55. The molecule has 1 saturated heterocycles. The van der Waals surface area contributed by atoms with E-state index in [0.29, 0.717) is 12.6 Å². The molecule has 1 aliphatic heterocycles. The van der Waals surface area contributed by atoms with E-state index in [-0.39, 0.29) is 5.75 Å². The molecule has 5 nitrogen and oxygen atoms in total. The van der Waals surface area contributed by atoms with Gasteiger partial charge < -0.3 is 10.2 Å². The average molecular weight is 412 g/mol. The molecule has 0 unspecified atom stereocenters. The number of piperidine rings is 1. The van der Waals surface area contributed by atoms with Crippen molar-refractivity contribution in [2.45, 2.75) is 18.9 Å². The second kappa shape index (κ2) is 7.37. The molecule has 0 radical (unpaired) electrons. The van der Waals surface area contributed by atoms with E-state index < -0.39 is 9.84 Å². The molecule has 0 amide bonds. The Hall–Kier alpha value is -1.18. The van der Waals surface area contributed by atoms with E-state index in [0.717, 1.165) is 47.0 Å². The SMILES string of the molecule is CS(=O)(=O)CCN1CCC(Nc2ccnc3c(Br)cccc23)CC1. The van der Waals surface area contributed by atoms with Crippen LogP contribution < -0.4 is 5.32 Å². The van der Waals surface area contributed by atoms with Crippen molar-refractivity contribution in [3.8, 4) is 0 Å². The molecule has 1 aliphatic rings. The molecule has 0 saturated carbocycles. The van der Waals surface area contributed by atoms with Crippen molar-refractivity contribution in [3.05, 3.63) is 34.9 Å². The largest absolute Gasteiger partial charge is 0.382 e. The highest BCUT2D eigenvalue weighted by Crippen LogP contribution is 2.28. The normalized spacial score (nSPS) is 17.2. The fourth-order valence-electron chi connectivity index (χ4n) is 3.08. The maximum absolute atomic E-state index is 11.3. The number of para-hydroxylation sites is 1. The van der Waals surface area contributed by atoms with E-state index >= 15 is 0 Å². The summed E-state index contributed by atoms with van der Waals surface area (Å²) in [5, 5.41) is 4.76. The lowest BCUT2D eigenvalue weighted by atomic mass is 10.0. The van der Waals surface area contributed by atoms with E-state index in [4.69, 9.17) is 0 Å². The number of rotatable bonds is 5. The molecule has 0 aliphatic carbocycles. The zero-order chi connectivity index (χ0) is 17.2. The number of nitrogens with zero attached hydrogens (tertiary/aromatic N) is 2. The Morgan fingerprint density at radius 1 is 1.29 bits per heavy atom. The van der Waals surface area contributed by atoms with Gasteiger partial charge in [0.1, 0.15) is 9.84 Å². The van der Waals surface area contributed by atoms with Crippen molar-refractivity contribution < 1.29 is 8.42 Å². The third kappa shape index (κ3) is 4.46. The Kier molecular flexibility index (Phi) is 5.42. The van der Waals surface area contributed by atoms with Crippen LogP contribution in [0.4, 0.5) is 5.69 Å². The predicted molar refractivity (Wildman–Crippen MR) is 102 cm³/mol. The quantitative estimate of drug-likeness (QED) is 0.819. The summed E-state index contributed by atoms with van der Waals surface area (Å²) in [4.78, 5) is 6.68. The first kappa shape index (κ1) is 17.6. The molecule has 3 rings (SSSR count). The van der Waals surface area contributed by atoms with Gasteiger partial charge in [0.2, 0.25) is 0 Å². The molecule has 0 bridgehead atoms. The van der Waals surface area contributed by atoms with E-state index in [1.54, 1.807) is 0 Å². The number of halogens is 1. The van der Waals surface area contributed by atoms with E-state index in [9.17, 15) is 8.42 Å². The number of likely N-dealkylation sites (tertiary alicyclic amines) is 1. The summed E-state index contributed by atoms with van der Waals surface area (Å²) in [6, 6.07) is 8.53. The molecule has 0 spiro atoms. The maximum Gasteiger partial charge on any atom is 0.148 e. The zero-order valence-electron chi connectivity index (χ0n) is 13.7. The second-order valence-electron chi connectivity index (χ2n) is 6.38. The number of aromatic nitrogens is 1. The number of hydrogen-bond acceptors (Lipinski definition) is 5. The Morgan fingerprint density at radius 3 is 2.75 bits per heavy atom. The van der Waals surface area contributed by atoms with Crippen LogP contribution in [-0.2, 0) is 9.84 Å². The van der Waals surface area contributed by atoms with Gasteiger partial charge in [-0.25, -0.2) is 8.42 Å². The van der Waals surface area contributed by atoms with Crippen molar-refractivity contribution >= 4 is 42.4 Å². The molecule has 1 fully saturated rings. The second-order valence-corrected chi connectivity index (χ2v) is 9.50. The molecule has 1 N–H and O–H groups in total. The fraction of sp³-hybridized carbons (Fsp3) is 0.471. The van der Waals surface area contributed by atoms with Crippen LogP contribution in [0, 0.1) is 0 Å². The molecule has 24 heavy (non-hydrogen) atoms. The summed E-state index contributed by atoms with van der Waals surface area (Å²) in [6.45, 7) is 2.50. The van der Waals surface area contributed by atoms with E-state index in [2.05, 4.69) is 37.2 Å². The van der Waals surface area contributed by atoms with Crippen LogP contribution in [-0.4, -0.2) is 56.0 Å². The fourth-order valence-corrected chi connectivity index (χ4v) is 4.14. The first-order chi connectivity index (χ1) is 11.4. The first-order valence-corrected chi connectivity index (χ1v) is 11.0. The Labute approximate surface area is 151 Å². The first-order valence-electron chi connectivity index (χ1n) is 8.12. The van der Waals surface area contributed by atoms with Gasteiger partial charge in [-0.1, -0.05) is 12.1 Å². The van der Waals surface area contributed by atoms with Gasteiger partial charge >= 0.3 is 0 Å². The number of nitrogens with one attached hydrogen (secondary N) is 1. The highest BCUT2D eigenvalue weighted by atomic mass is 79.9. The van der Waals surface area contributed by atoms with Crippen LogP contribution in [0.15, 0.2) is 34.9 Å². The van der Waals surface area contributed by atoms with Crippen LogP contribution >= 0.6 is 15.9 Å². The van der Waals surface area contributed by atoms with Gasteiger partial charge in [0.15, 0.2) is 0 Å². The summed E-state index contributed by atoms with van der Waals surface area (Å²) in [5.74, 6) is 0.244. The van der Waals surface area contributed by atoms with Gasteiger partial charge in [0.25, 0.3) is 0 Å². The van der Waals surface area contributed by atoms with Crippen molar-refractivity contribution in [2.75, 3.05) is 37.0 Å². The van der Waals surface area contributed by atoms with Crippen molar-refractivity contribution in [1.82, 2.24) is 9.88 Å². The van der Waals surface area contributed by atoms with Gasteiger partial charge in [-0.05, 0) is 40.9 Å². The van der Waals surface area contributed by atoms with Gasteiger partial charge in [-0.3, -0.25) is 4.98 Å². The molecule has 2 aromatic rings. The van der Waals surface area contributed by atoms with E-state index in [1.807, 2.05) is 24.4 Å². The third-order valence-electron chi connectivity index (χ3n) is 4.45. The summed E-state index contributed by atoms with van der Waals surface area (Å²) < 4.78 is 23.6. The number of anilines is 1. The number of benzene rings is 1. The molecule has 1 aromatic carbocycles. The van der Waals surface area contributed by atoms with E-state index in [1.165, 1.54) is 6.26 Å². The molecule has 1 aromatic heterocycles. The smallest absolute Gasteiger partial charge is 0.148 e. The number of sulfone groups is 1. The van der Waals surface area contributed by atoms with Gasteiger partial charge in [-0.15, -0.1) is 0 Å². The number of fused-ring (bicyclic) bond motifs is 1. The Balaban J connectivity index is 1.62. The summed E-state index contributed by atoms with van der Waals surface area (Å²) in [6.07, 6.45) is 5.16. The van der Waals surface area contributed by atoms with Crippen LogP contribution in [0.1, 0.15) is 12.8 Å². The molecular weight excluding hydrogens is 390 g/mol. The molecule has 2 heterocycles. The average Bonchev–Trinajstić information content (AvgIpc) is 2.54. The monoisotopic (exact) mass is 411 g/mol. The lowest BCUT2D eigenvalue weighted by Gasteiger charge is -2.32. The van der Waals surface area contributed by atoms with Crippen molar-refractivity contribution in [3.63, 3.8) is 0 Å². The van der Waals surface area contributed by atoms with Crippen molar-refractivity contribution in [1.29, 1.82) is 0 Å². The summed E-state index contributed by atoms with van der Waals surface area (Å²) in [7, 11) is -2.88. The zero-order valence-corrected chi connectivity index (χ0v) is 16.1. The van der Waals surface area contributed by atoms with Crippen LogP contribution in [0.5, 0.6) is 0 Å². The van der Waals surface area contributed by atoms with Crippen molar-refractivity contribution in [2.24, 2.45) is 0 Å². The minimum Gasteiger partial charge on any atom is -0.382 e. The molecular formula is C17H22BrN3O2S. The van der Waals surface area contributed by atoms with Gasteiger partial charge in [0, 0.05) is 53.7 Å². The number of pyridine rings is 1. The minimum atomic E-state index is -2.88. The van der Waals surface area contributed by atoms with Gasteiger partial charge in [-0.2, -0.15) is 0 Å². The molecule has 130 valence electrons. The number of hydrogen-bond donors (Lipinski definition) is 1. The summed E-state index contributed by atoms with van der Waals surface area (Å²) in [5.41, 5.74) is 2.07. The lowest BCUT2D eigenvalue weighted by Crippen LogP contribution is -2.41. The molecule has 0 atom stereocenters. The standard InChI is InChI=1S/C17H22BrN3O2S/c1-24(22,23)12-11-21-9-6-13(7-10-21)20-16-5-8-19-17-14(16)3-2-4-15(17)18/h2-5,8,13H,6-7,9-12H2,1H3,(H,19,20).